The number of carbonyl (C=O) groups excluding carboxylic acids is 7. The standard InChI is InChI=1S/C41H39N5O8/c1-25(26-9-5-3-6-10-26)39(51)45-23-32(47)21-34(45)37(49)42-30-17-13-27(14-18-30)28-15-19-31(20-16-28)43-38(50)35-22-33(48)24-46(35)40(52)36(44-41(53)54-2)29-11-7-4-8-12-29/h3-20,25,34-36H,21-24H2,1-2H3,(H,42,49)(H,43,50)(H,44,53)/t25-,34+,35+,36-/m1/s1. The smallest absolute Gasteiger partial charge is 0.407 e. The van der Waals surface area contributed by atoms with Gasteiger partial charge in [0.2, 0.25) is 17.7 Å². The van der Waals surface area contributed by atoms with Gasteiger partial charge in [0.1, 0.15) is 18.1 Å². The molecule has 2 aliphatic rings. The lowest BCUT2D eigenvalue weighted by Gasteiger charge is -2.28. The molecule has 5 amide bonds. The van der Waals surface area contributed by atoms with Crippen LogP contribution in [-0.2, 0) is 33.5 Å². The molecule has 0 bridgehead atoms. The van der Waals surface area contributed by atoms with Crippen LogP contribution in [0.25, 0.3) is 11.1 Å². The minimum absolute atomic E-state index is 0.0493. The van der Waals surface area contributed by atoms with Crippen molar-refractivity contribution in [3.8, 4) is 11.1 Å². The van der Waals surface area contributed by atoms with Crippen LogP contribution < -0.4 is 16.0 Å². The number of methoxy groups -OCH3 is 1. The van der Waals surface area contributed by atoms with Crippen LogP contribution >= 0.6 is 0 Å². The van der Waals surface area contributed by atoms with Gasteiger partial charge in [-0.2, -0.15) is 0 Å². The topological polar surface area (TPSA) is 171 Å². The Morgan fingerprint density at radius 1 is 0.611 bits per heavy atom. The van der Waals surface area contributed by atoms with Crippen LogP contribution in [-0.4, -0.2) is 83.4 Å². The van der Waals surface area contributed by atoms with Gasteiger partial charge in [0.05, 0.1) is 26.1 Å². The highest BCUT2D eigenvalue weighted by Crippen LogP contribution is 2.28. The molecule has 4 atom stereocenters. The molecule has 3 N–H and O–H groups in total. The number of nitrogens with zero attached hydrogens (tertiary/aromatic N) is 2. The first-order valence-electron chi connectivity index (χ1n) is 17.4. The number of amides is 5. The summed E-state index contributed by atoms with van der Waals surface area (Å²) in [5, 5.41) is 8.13. The molecule has 2 fully saturated rings. The second kappa shape index (κ2) is 16.4. The fourth-order valence-corrected chi connectivity index (χ4v) is 6.66. The van der Waals surface area contributed by atoms with E-state index in [4.69, 9.17) is 4.74 Å². The molecule has 0 saturated carbocycles. The Morgan fingerprint density at radius 2 is 1.04 bits per heavy atom. The summed E-state index contributed by atoms with van der Waals surface area (Å²) >= 11 is 0. The second-order valence-corrected chi connectivity index (χ2v) is 13.2. The maximum Gasteiger partial charge on any atom is 0.407 e. The van der Waals surface area contributed by atoms with Crippen molar-refractivity contribution < 1.29 is 38.3 Å². The molecule has 2 saturated heterocycles. The number of anilines is 2. The SMILES string of the molecule is COC(=O)N[C@@H](C(=O)N1CC(=O)C[C@H]1C(=O)Nc1ccc(-c2ccc(NC(=O)[C@@H]3CC(=O)CN3C(=O)[C@H](C)c3ccccc3)cc2)cc1)c1ccccc1. The minimum Gasteiger partial charge on any atom is -0.453 e. The molecule has 0 aromatic heterocycles. The average Bonchev–Trinajstić information content (AvgIpc) is 3.80. The zero-order valence-corrected chi connectivity index (χ0v) is 29.7. The fraction of sp³-hybridized carbons (Fsp3) is 0.244. The van der Waals surface area contributed by atoms with Gasteiger partial charge in [-0.3, -0.25) is 28.8 Å². The lowest BCUT2D eigenvalue weighted by atomic mass is 9.99. The Kier molecular flexibility index (Phi) is 11.3. The predicted octanol–water partition coefficient (Wildman–Crippen LogP) is 4.47. The molecular formula is C41H39N5O8. The van der Waals surface area contributed by atoms with Crippen LogP contribution in [0, 0.1) is 0 Å². The van der Waals surface area contributed by atoms with Crippen molar-refractivity contribution in [2.45, 2.75) is 43.8 Å². The normalized spacial score (nSPS) is 17.7. The number of hydrogen-bond acceptors (Lipinski definition) is 8. The van der Waals surface area contributed by atoms with Crippen molar-refractivity contribution in [1.29, 1.82) is 0 Å². The Bertz CT molecular complexity index is 2050. The van der Waals surface area contributed by atoms with Crippen LogP contribution in [0.4, 0.5) is 16.2 Å². The highest BCUT2D eigenvalue weighted by atomic mass is 16.5. The van der Waals surface area contributed by atoms with E-state index in [0.717, 1.165) is 16.7 Å². The lowest BCUT2D eigenvalue weighted by Crippen LogP contribution is -2.48. The van der Waals surface area contributed by atoms with Gasteiger partial charge < -0.3 is 30.5 Å². The molecule has 54 heavy (non-hydrogen) atoms. The van der Waals surface area contributed by atoms with Gasteiger partial charge in [0.15, 0.2) is 11.6 Å². The first-order chi connectivity index (χ1) is 26.0. The van der Waals surface area contributed by atoms with Crippen molar-refractivity contribution in [2.24, 2.45) is 0 Å². The van der Waals surface area contributed by atoms with Gasteiger partial charge in [0, 0.05) is 24.2 Å². The molecule has 0 radical (unpaired) electrons. The quantitative estimate of drug-likeness (QED) is 0.215. The average molecular weight is 730 g/mol. The molecule has 2 heterocycles. The van der Waals surface area contributed by atoms with Crippen LogP contribution in [0.3, 0.4) is 0 Å². The van der Waals surface area contributed by atoms with Crippen LogP contribution in [0.2, 0.25) is 0 Å². The largest absolute Gasteiger partial charge is 0.453 e. The number of nitrogens with one attached hydrogen (secondary N) is 3. The van der Waals surface area contributed by atoms with Gasteiger partial charge >= 0.3 is 6.09 Å². The maximum absolute atomic E-state index is 13.7. The molecule has 0 spiro atoms. The van der Waals surface area contributed by atoms with Crippen molar-refractivity contribution in [3.05, 3.63) is 120 Å². The molecule has 2 aliphatic heterocycles. The fourth-order valence-electron chi connectivity index (χ4n) is 6.66. The third-order valence-corrected chi connectivity index (χ3v) is 9.59. The molecule has 13 nitrogen and oxygen atoms in total. The summed E-state index contributed by atoms with van der Waals surface area (Å²) in [4.78, 5) is 93.1. The van der Waals surface area contributed by atoms with Gasteiger partial charge in [-0.1, -0.05) is 84.9 Å². The number of hydrogen-bond donors (Lipinski definition) is 3. The third-order valence-electron chi connectivity index (χ3n) is 9.59. The third kappa shape index (κ3) is 8.36. The van der Waals surface area contributed by atoms with E-state index in [2.05, 4.69) is 16.0 Å². The minimum atomic E-state index is -1.17. The van der Waals surface area contributed by atoms with Crippen molar-refractivity contribution in [3.63, 3.8) is 0 Å². The number of likely N-dealkylation sites (tertiary alicyclic amines) is 2. The molecule has 6 rings (SSSR count). The molecule has 0 unspecified atom stereocenters. The number of benzene rings is 4. The maximum atomic E-state index is 13.7. The van der Waals surface area contributed by atoms with E-state index >= 15 is 0 Å². The van der Waals surface area contributed by atoms with Gasteiger partial charge in [0.25, 0.3) is 5.91 Å². The number of alkyl carbamates (subject to hydrolysis) is 1. The second-order valence-electron chi connectivity index (χ2n) is 13.2. The van der Waals surface area contributed by atoms with Gasteiger partial charge in [-0.25, -0.2) is 4.79 Å². The van der Waals surface area contributed by atoms with Crippen molar-refractivity contribution in [1.82, 2.24) is 15.1 Å². The van der Waals surface area contributed by atoms with E-state index in [-0.39, 0.29) is 43.4 Å². The van der Waals surface area contributed by atoms with Crippen LogP contribution in [0.5, 0.6) is 0 Å². The first-order valence-corrected chi connectivity index (χ1v) is 17.4. The van der Waals surface area contributed by atoms with Crippen molar-refractivity contribution in [2.75, 3.05) is 30.8 Å². The van der Waals surface area contributed by atoms with Gasteiger partial charge in [-0.15, -0.1) is 0 Å². The summed E-state index contributed by atoms with van der Waals surface area (Å²) in [5.41, 5.74) is 3.84. The number of ketones is 2. The van der Waals surface area contributed by atoms with Crippen molar-refractivity contribution >= 4 is 52.7 Å². The van der Waals surface area contributed by atoms with E-state index < -0.39 is 47.9 Å². The summed E-state index contributed by atoms with van der Waals surface area (Å²) in [7, 11) is 1.17. The lowest BCUT2D eigenvalue weighted by molar-refractivity contribution is -0.138. The predicted molar refractivity (Wildman–Crippen MR) is 199 cm³/mol. The molecule has 0 aliphatic carbocycles. The first kappa shape index (κ1) is 37.1. The number of rotatable bonds is 10. The highest BCUT2D eigenvalue weighted by molar-refractivity contribution is 6.06. The Balaban J connectivity index is 1.07. The van der Waals surface area contributed by atoms with Crippen LogP contribution in [0.1, 0.15) is 42.9 Å². The number of ether oxygens (including phenoxy) is 1. The van der Waals surface area contributed by atoms with E-state index in [1.807, 2.05) is 42.5 Å². The molecule has 13 heteroatoms. The number of carbonyl (C=O) groups is 7. The summed E-state index contributed by atoms with van der Waals surface area (Å²) in [6, 6.07) is 28.6. The summed E-state index contributed by atoms with van der Waals surface area (Å²) in [6.45, 7) is 1.38. The monoisotopic (exact) mass is 729 g/mol. The van der Waals surface area contributed by atoms with Crippen LogP contribution in [0.15, 0.2) is 109 Å². The summed E-state index contributed by atoms with van der Waals surface area (Å²) in [6.07, 6.45) is -1.05. The van der Waals surface area contributed by atoms with E-state index in [0.29, 0.717) is 16.9 Å². The molecule has 4 aromatic rings. The molecule has 276 valence electrons. The Labute approximate surface area is 311 Å². The molecule has 4 aromatic carbocycles. The Morgan fingerprint density at radius 3 is 1.48 bits per heavy atom. The van der Waals surface area contributed by atoms with Gasteiger partial charge in [-0.05, 0) is 53.4 Å². The highest BCUT2D eigenvalue weighted by Gasteiger charge is 2.42. The zero-order valence-electron chi connectivity index (χ0n) is 29.7. The zero-order chi connectivity index (χ0) is 38.4. The van der Waals surface area contributed by atoms with E-state index in [1.54, 1.807) is 73.7 Å². The Hall–Kier alpha value is -6.63. The summed E-state index contributed by atoms with van der Waals surface area (Å²) in [5.74, 6) is -2.86. The van der Waals surface area contributed by atoms with E-state index in [9.17, 15) is 33.6 Å². The van der Waals surface area contributed by atoms with E-state index in [1.165, 1.54) is 16.9 Å². The molecular weight excluding hydrogens is 690 g/mol. The number of Topliss-reactive ketones (excluding diaryl/α,β-unsaturated/α-hetero) is 2. The summed E-state index contributed by atoms with van der Waals surface area (Å²) < 4.78 is 4.70.